The Morgan fingerprint density at radius 2 is 1.60 bits per heavy atom. The quantitative estimate of drug-likeness (QED) is 0.557. The van der Waals surface area contributed by atoms with Crippen LogP contribution in [0, 0.1) is 0 Å². The molecule has 0 aromatic heterocycles. The molecule has 15 heavy (non-hydrogen) atoms. The molecule has 0 aromatic carbocycles. The summed E-state index contributed by atoms with van der Waals surface area (Å²) in [5, 5.41) is -5.62. The lowest BCUT2D eigenvalue weighted by Crippen LogP contribution is -2.46. The van der Waals surface area contributed by atoms with Crippen LogP contribution in [0.5, 0.6) is 0 Å². The minimum absolute atomic E-state index is 0.803. The highest BCUT2D eigenvalue weighted by molar-refractivity contribution is 7.88. The molecule has 0 spiro atoms. The number of hydrogen-bond donors (Lipinski definition) is 0. The van der Waals surface area contributed by atoms with Crippen LogP contribution in [0.25, 0.3) is 0 Å². The maximum atomic E-state index is 12.5. The van der Waals surface area contributed by atoms with Crippen molar-refractivity contribution in [2.45, 2.75) is 18.4 Å². The molecule has 0 saturated heterocycles. The molecule has 0 bridgehead atoms. The summed E-state index contributed by atoms with van der Waals surface area (Å²) in [6, 6.07) is 0. The SMILES string of the molecule is CCOS(=O)(=O)C(F)(F)C(=O)C(F)(F)F. The molecular weight excluding hydrogens is 251 g/mol. The highest BCUT2D eigenvalue weighted by Crippen LogP contribution is 2.32. The fourth-order valence-corrected chi connectivity index (χ4v) is 1.31. The van der Waals surface area contributed by atoms with Crippen molar-refractivity contribution in [2.24, 2.45) is 0 Å². The van der Waals surface area contributed by atoms with Crippen LogP contribution in [0.4, 0.5) is 22.0 Å². The summed E-state index contributed by atoms with van der Waals surface area (Å²) in [5.41, 5.74) is 0. The van der Waals surface area contributed by atoms with E-state index in [4.69, 9.17) is 0 Å². The van der Waals surface area contributed by atoms with E-state index in [1.807, 2.05) is 0 Å². The first kappa shape index (κ1) is 14.2. The van der Waals surface area contributed by atoms with Gasteiger partial charge in [-0.3, -0.25) is 8.98 Å². The van der Waals surface area contributed by atoms with Crippen molar-refractivity contribution in [3.8, 4) is 0 Å². The van der Waals surface area contributed by atoms with Crippen molar-refractivity contribution in [3.63, 3.8) is 0 Å². The van der Waals surface area contributed by atoms with Gasteiger partial charge in [-0.2, -0.15) is 30.4 Å². The van der Waals surface area contributed by atoms with Gasteiger partial charge in [0.05, 0.1) is 6.61 Å². The molecule has 0 radical (unpaired) electrons. The van der Waals surface area contributed by atoms with E-state index in [1.165, 1.54) is 0 Å². The Balaban J connectivity index is 5.25. The molecule has 0 heterocycles. The molecular formula is C5H5F5O4S. The van der Waals surface area contributed by atoms with Gasteiger partial charge in [-0.1, -0.05) is 0 Å². The third kappa shape index (κ3) is 2.84. The fraction of sp³-hybridized carbons (Fsp3) is 0.800. The largest absolute Gasteiger partial charge is 0.457 e. The first-order valence-corrected chi connectivity index (χ1v) is 4.76. The standard InChI is InChI=1S/C5H5F5O4S/c1-2-14-15(12,13)5(9,10)3(11)4(6,7)8/h2H2,1H3. The molecule has 0 N–H and O–H groups in total. The van der Waals surface area contributed by atoms with E-state index < -0.39 is 33.9 Å². The van der Waals surface area contributed by atoms with Crippen molar-refractivity contribution in [2.75, 3.05) is 6.61 Å². The van der Waals surface area contributed by atoms with E-state index in [0.717, 1.165) is 6.92 Å². The van der Waals surface area contributed by atoms with Gasteiger partial charge in [0.25, 0.3) is 0 Å². The molecule has 4 nitrogen and oxygen atoms in total. The lowest BCUT2D eigenvalue weighted by Gasteiger charge is -2.15. The molecule has 0 atom stereocenters. The first-order valence-electron chi connectivity index (χ1n) is 3.35. The summed E-state index contributed by atoms with van der Waals surface area (Å²) in [5.74, 6) is -3.68. The van der Waals surface area contributed by atoms with Gasteiger partial charge in [-0.05, 0) is 6.92 Å². The van der Waals surface area contributed by atoms with E-state index in [9.17, 15) is 35.2 Å². The summed E-state index contributed by atoms with van der Waals surface area (Å²) < 4.78 is 84.0. The van der Waals surface area contributed by atoms with Gasteiger partial charge in [0, 0.05) is 0 Å². The number of carbonyl (C=O) groups excluding carboxylic acids is 1. The molecule has 0 amide bonds. The Hall–Kier alpha value is -0.770. The molecule has 0 saturated carbocycles. The summed E-state index contributed by atoms with van der Waals surface area (Å²) >= 11 is 0. The third-order valence-electron chi connectivity index (χ3n) is 1.11. The molecule has 0 rings (SSSR count). The molecule has 0 aliphatic heterocycles. The number of halogens is 5. The van der Waals surface area contributed by atoms with Crippen LogP contribution in [0.1, 0.15) is 6.92 Å². The number of Topliss-reactive ketones (excluding diaryl/α,β-unsaturated/α-hetero) is 1. The molecule has 10 heteroatoms. The van der Waals surface area contributed by atoms with Gasteiger partial charge in [-0.25, -0.2) is 0 Å². The van der Waals surface area contributed by atoms with Crippen LogP contribution < -0.4 is 0 Å². The van der Waals surface area contributed by atoms with E-state index in [2.05, 4.69) is 4.18 Å². The number of alkyl halides is 5. The minimum atomic E-state index is -5.95. The first-order chi connectivity index (χ1) is 6.47. The van der Waals surface area contributed by atoms with E-state index in [-0.39, 0.29) is 0 Å². The van der Waals surface area contributed by atoms with Gasteiger partial charge < -0.3 is 0 Å². The number of ketones is 1. The van der Waals surface area contributed by atoms with Crippen molar-refractivity contribution in [3.05, 3.63) is 0 Å². The van der Waals surface area contributed by atoms with E-state index in [1.54, 1.807) is 0 Å². The second-order valence-corrected chi connectivity index (χ2v) is 3.86. The predicted octanol–water partition coefficient (Wildman–Crippen LogP) is 1.08. The number of carbonyl (C=O) groups is 1. The second-order valence-electron chi connectivity index (χ2n) is 2.20. The van der Waals surface area contributed by atoms with E-state index >= 15 is 0 Å². The molecule has 0 aliphatic carbocycles. The zero-order chi connectivity index (χ0) is 12.5. The maximum Gasteiger partial charge on any atom is 0.457 e. The summed E-state index contributed by atoms with van der Waals surface area (Å²) in [7, 11) is -5.90. The Bertz CT molecular complexity index is 343. The predicted molar refractivity (Wildman–Crippen MR) is 36.6 cm³/mol. The van der Waals surface area contributed by atoms with Crippen LogP contribution >= 0.6 is 0 Å². The Kier molecular flexibility index (Phi) is 3.80. The van der Waals surface area contributed by atoms with Crippen LogP contribution in [-0.2, 0) is 19.1 Å². The zero-order valence-corrected chi connectivity index (χ0v) is 7.95. The van der Waals surface area contributed by atoms with Gasteiger partial charge in [0.15, 0.2) is 0 Å². The van der Waals surface area contributed by atoms with Crippen molar-refractivity contribution >= 4 is 15.9 Å². The summed E-state index contributed by atoms with van der Waals surface area (Å²) in [6.07, 6.45) is -5.95. The van der Waals surface area contributed by atoms with Gasteiger partial charge in [0.1, 0.15) is 0 Å². The lowest BCUT2D eigenvalue weighted by atomic mass is 10.4. The van der Waals surface area contributed by atoms with E-state index in [0.29, 0.717) is 0 Å². The van der Waals surface area contributed by atoms with Crippen molar-refractivity contribution in [1.29, 1.82) is 0 Å². The van der Waals surface area contributed by atoms with Crippen molar-refractivity contribution in [1.82, 2.24) is 0 Å². The van der Waals surface area contributed by atoms with Gasteiger partial charge in [0.2, 0.25) is 0 Å². The normalized spacial score (nSPS) is 14.0. The molecule has 0 unspecified atom stereocenters. The molecule has 90 valence electrons. The van der Waals surface area contributed by atoms with Crippen LogP contribution in [0.3, 0.4) is 0 Å². The maximum absolute atomic E-state index is 12.5. The highest BCUT2D eigenvalue weighted by atomic mass is 32.2. The number of hydrogen-bond acceptors (Lipinski definition) is 4. The summed E-state index contributed by atoms with van der Waals surface area (Å²) in [6.45, 7) is 0.161. The lowest BCUT2D eigenvalue weighted by molar-refractivity contribution is -0.186. The Morgan fingerprint density at radius 3 is 1.87 bits per heavy atom. The highest BCUT2D eigenvalue weighted by Gasteiger charge is 2.63. The second kappa shape index (κ2) is 4.00. The smallest absolute Gasteiger partial charge is 0.281 e. The van der Waals surface area contributed by atoms with Crippen molar-refractivity contribution < 1.29 is 39.3 Å². The molecule has 0 aliphatic rings. The fourth-order valence-electron chi connectivity index (χ4n) is 0.508. The average molecular weight is 256 g/mol. The molecule has 0 aromatic rings. The average Bonchev–Trinajstić information content (AvgIpc) is 2.00. The van der Waals surface area contributed by atoms with Crippen LogP contribution in [0.2, 0.25) is 0 Å². The Labute approximate surface area is 81.1 Å². The number of rotatable bonds is 4. The topological polar surface area (TPSA) is 60.4 Å². The molecule has 0 fully saturated rings. The Morgan fingerprint density at radius 1 is 1.20 bits per heavy atom. The summed E-state index contributed by atoms with van der Waals surface area (Å²) in [4.78, 5) is 10.1. The monoisotopic (exact) mass is 256 g/mol. The van der Waals surface area contributed by atoms with Crippen LogP contribution in [0.15, 0.2) is 0 Å². The minimum Gasteiger partial charge on any atom is -0.281 e. The third-order valence-corrected chi connectivity index (χ3v) is 2.47. The van der Waals surface area contributed by atoms with Gasteiger partial charge >= 0.3 is 27.3 Å². The van der Waals surface area contributed by atoms with Crippen LogP contribution in [-0.4, -0.2) is 32.2 Å². The zero-order valence-electron chi connectivity index (χ0n) is 7.14. The van der Waals surface area contributed by atoms with Gasteiger partial charge in [-0.15, -0.1) is 0 Å².